The molecule has 0 unspecified atom stereocenters. The predicted molar refractivity (Wildman–Crippen MR) is 98.4 cm³/mol. The van der Waals surface area contributed by atoms with Crippen molar-refractivity contribution in [1.29, 1.82) is 5.26 Å². The molecule has 0 spiro atoms. The molecule has 0 aliphatic rings. The maximum Gasteiger partial charge on any atom is 0.271 e. The number of methoxy groups -OCH3 is 1. The van der Waals surface area contributed by atoms with E-state index in [4.69, 9.17) is 9.15 Å². The number of hydrazine groups is 1. The zero-order valence-electron chi connectivity index (χ0n) is 14.3. The van der Waals surface area contributed by atoms with Crippen molar-refractivity contribution in [3.05, 3.63) is 66.0 Å². The summed E-state index contributed by atoms with van der Waals surface area (Å²) in [5.74, 6) is 0.984. The highest BCUT2D eigenvalue weighted by Gasteiger charge is 2.11. The minimum Gasteiger partial charge on any atom is -0.497 e. The number of carbonyl (C=O) groups is 1. The molecule has 1 aromatic carbocycles. The first kappa shape index (κ1) is 17.7. The normalized spacial score (nSPS) is 10.4. The minimum absolute atomic E-state index is 0.131. The second-order valence-corrected chi connectivity index (χ2v) is 5.27. The first-order valence-corrected chi connectivity index (χ1v) is 7.88. The van der Waals surface area contributed by atoms with Gasteiger partial charge in [0.2, 0.25) is 5.88 Å². The van der Waals surface area contributed by atoms with E-state index < -0.39 is 0 Å². The predicted octanol–water partition coefficient (Wildman–Crippen LogP) is 2.82. The first-order chi connectivity index (χ1) is 13.2. The fourth-order valence-electron chi connectivity index (χ4n) is 2.21. The Hall–Kier alpha value is -4.12. The Bertz CT molecular complexity index is 988. The Kier molecular flexibility index (Phi) is 5.45. The molecule has 2 aromatic heterocycles. The van der Waals surface area contributed by atoms with Crippen molar-refractivity contribution in [3.63, 3.8) is 0 Å². The van der Waals surface area contributed by atoms with Gasteiger partial charge in [-0.15, -0.1) is 0 Å². The molecule has 8 heteroatoms. The van der Waals surface area contributed by atoms with Gasteiger partial charge in [0.25, 0.3) is 5.91 Å². The lowest BCUT2D eigenvalue weighted by Gasteiger charge is -2.02. The smallest absolute Gasteiger partial charge is 0.271 e. The van der Waals surface area contributed by atoms with E-state index in [1.54, 1.807) is 43.6 Å². The SMILES string of the molecule is COc1ccc(-c2cc(C#N)c(/N=C\NNC(=O)c3cccnc3)o2)cc1. The maximum absolute atomic E-state index is 11.9. The highest BCUT2D eigenvalue weighted by atomic mass is 16.5. The van der Waals surface area contributed by atoms with Crippen molar-refractivity contribution >= 4 is 18.1 Å². The van der Waals surface area contributed by atoms with Crippen molar-refractivity contribution < 1.29 is 13.9 Å². The van der Waals surface area contributed by atoms with Crippen molar-refractivity contribution in [1.82, 2.24) is 15.8 Å². The van der Waals surface area contributed by atoms with Crippen LogP contribution in [0.2, 0.25) is 0 Å². The number of benzene rings is 1. The average molecular weight is 361 g/mol. The Balaban J connectivity index is 1.67. The zero-order valence-corrected chi connectivity index (χ0v) is 14.3. The number of ether oxygens (including phenoxy) is 1. The Morgan fingerprint density at radius 1 is 1.33 bits per heavy atom. The number of furan rings is 1. The van der Waals surface area contributed by atoms with E-state index in [2.05, 4.69) is 20.8 Å². The van der Waals surface area contributed by atoms with E-state index in [0.717, 1.165) is 11.3 Å². The standard InChI is InChI=1S/C19H15N5O3/c1-26-16-6-4-13(5-7-16)17-9-15(10-20)19(27-17)22-12-23-24-18(25)14-3-2-8-21-11-14/h2-9,11-12H,1H3,(H,22,23)(H,24,25). The Labute approximate surface area is 155 Å². The largest absolute Gasteiger partial charge is 0.497 e. The molecule has 0 bridgehead atoms. The number of hydrogen-bond acceptors (Lipinski definition) is 6. The molecule has 3 rings (SSSR count). The summed E-state index contributed by atoms with van der Waals surface area (Å²) >= 11 is 0. The first-order valence-electron chi connectivity index (χ1n) is 7.88. The maximum atomic E-state index is 11.9. The van der Waals surface area contributed by atoms with Crippen LogP contribution in [0.4, 0.5) is 5.88 Å². The molecular weight excluding hydrogens is 346 g/mol. The third-order valence-corrected chi connectivity index (χ3v) is 3.56. The van der Waals surface area contributed by atoms with E-state index in [0.29, 0.717) is 11.3 Å². The van der Waals surface area contributed by atoms with Gasteiger partial charge in [-0.2, -0.15) is 5.26 Å². The number of aliphatic imine (C=N–C) groups is 1. The van der Waals surface area contributed by atoms with E-state index in [1.165, 1.54) is 12.5 Å². The topological polar surface area (TPSA) is 113 Å². The van der Waals surface area contributed by atoms with Crippen LogP contribution in [0.3, 0.4) is 0 Å². The van der Waals surface area contributed by atoms with E-state index in [9.17, 15) is 10.1 Å². The number of hydrogen-bond donors (Lipinski definition) is 2. The van der Waals surface area contributed by atoms with Crippen LogP contribution < -0.4 is 15.6 Å². The van der Waals surface area contributed by atoms with Gasteiger partial charge in [0.15, 0.2) is 0 Å². The van der Waals surface area contributed by atoms with Crippen LogP contribution >= 0.6 is 0 Å². The summed E-state index contributed by atoms with van der Waals surface area (Å²) < 4.78 is 10.8. The van der Waals surface area contributed by atoms with Gasteiger partial charge in [0, 0.05) is 24.0 Å². The molecule has 0 radical (unpaired) electrons. The highest BCUT2D eigenvalue weighted by molar-refractivity contribution is 5.94. The summed E-state index contributed by atoms with van der Waals surface area (Å²) in [6, 6.07) is 14.1. The summed E-state index contributed by atoms with van der Waals surface area (Å²) in [5, 5.41) is 9.25. The van der Waals surface area contributed by atoms with Crippen molar-refractivity contribution in [2.45, 2.75) is 0 Å². The van der Waals surface area contributed by atoms with Crippen LogP contribution in [0.25, 0.3) is 11.3 Å². The molecule has 0 aliphatic carbocycles. The van der Waals surface area contributed by atoms with Crippen LogP contribution in [0.1, 0.15) is 15.9 Å². The molecule has 27 heavy (non-hydrogen) atoms. The van der Waals surface area contributed by atoms with Gasteiger partial charge in [0.05, 0.1) is 12.7 Å². The van der Waals surface area contributed by atoms with Crippen molar-refractivity contribution in [2.24, 2.45) is 4.99 Å². The van der Waals surface area contributed by atoms with Crippen molar-refractivity contribution in [2.75, 3.05) is 7.11 Å². The molecule has 3 aromatic rings. The van der Waals surface area contributed by atoms with E-state index >= 15 is 0 Å². The Morgan fingerprint density at radius 2 is 2.15 bits per heavy atom. The van der Waals surface area contributed by atoms with E-state index in [-0.39, 0.29) is 17.4 Å². The molecule has 0 aliphatic heterocycles. The summed E-state index contributed by atoms with van der Waals surface area (Å²) in [6.45, 7) is 0. The lowest BCUT2D eigenvalue weighted by atomic mass is 10.1. The Morgan fingerprint density at radius 3 is 2.81 bits per heavy atom. The molecule has 0 fully saturated rings. The third-order valence-electron chi connectivity index (χ3n) is 3.56. The molecule has 1 amide bonds. The summed E-state index contributed by atoms with van der Waals surface area (Å²) in [7, 11) is 1.59. The van der Waals surface area contributed by atoms with Gasteiger partial charge >= 0.3 is 0 Å². The highest BCUT2D eigenvalue weighted by Crippen LogP contribution is 2.31. The number of nitrogens with one attached hydrogen (secondary N) is 2. The molecule has 2 N–H and O–H groups in total. The van der Waals surface area contributed by atoms with E-state index in [1.807, 2.05) is 18.2 Å². The van der Waals surface area contributed by atoms with Gasteiger partial charge in [-0.25, -0.2) is 4.99 Å². The fourth-order valence-corrected chi connectivity index (χ4v) is 2.21. The number of amides is 1. The van der Waals surface area contributed by atoms with Gasteiger partial charge in [-0.05, 0) is 36.4 Å². The number of rotatable bonds is 6. The molecule has 0 atom stereocenters. The molecule has 134 valence electrons. The summed E-state index contributed by atoms with van der Waals surface area (Å²) in [5.41, 5.74) is 6.44. The average Bonchev–Trinajstić information content (AvgIpc) is 3.15. The summed E-state index contributed by atoms with van der Waals surface area (Å²) in [4.78, 5) is 19.8. The molecule has 2 heterocycles. The number of nitrogens with zero attached hydrogens (tertiary/aromatic N) is 3. The zero-order chi connectivity index (χ0) is 19.1. The molecule has 8 nitrogen and oxygen atoms in total. The lowest BCUT2D eigenvalue weighted by molar-refractivity contribution is 0.0944. The monoisotopic (exact) mass is 361 g/mol. The summed E-state index contributed by atoms with van der Waals surface area (Å²) in [6.07, 6.45) is 4.24. The number of aromatic nitrogens is 1. The molecule has 0 saturated heterocycles. The van der Waals surface area contributed by atoms with Crippen molar-refractivity contribution in [3.8, 4) is 23.1 Å². The number of carbonyl (C=O) groups excluding carboxylic acids is 1. The third kappa shape index (κ3) is 4.29. The van der Waals surface area contributed by atoms with Crippen LogP contribution in [0.15, 0.2) is 64.3 Å². The lowest BCUT2D eigenvalue weighted by Crippen LogP contribution is -2.36. The van der Waals surface area contributed by atoms with Crippen LogP contribution in [0.5, 0.6) is 5.75 Å². The molecular formula is C19H15N5O3. The van der Waals surface area contributed by atoms with Crippen LogP contribution in [-0.2, 0) is 0 Å². The van der Waals surface area contributed by atoms with Crippen LogP contribution in [0, 0.1) is 11.3 Å². The minimum atomic E-state index is -0.367. The van der Waals surface area contributed by atoms with Crippen LogP contribution in [-0.4, -0.2) is 24.3 Å². The second kappa shape index (κ2) is 8.31. The van der Waals surface area contributed by atoms with Gasteiger partial charge in [-0.3, -0.25) is 20.6 Å². The van der Waals surface area contributed by atoms with Gasteiger partial charge in [0.1, 0.15) is 29.5 Å². The fraction of sp³-hybridized carbons (Fsp3) is 0.0526. The second-order valence-electron chi connectivity index (χ2n) is 5.27. The quantitative estimate of drug-likeness (QED) is 0.397. The number of nitriles is 1. The van der Waals surface area contributed by atoms with Gasteiger partial charge in [-0.1, -0.05) is 0 Å². The molecule has 0 saturated carbocycles. The number of pyridine rings is 1. The van der Waals surface area contributed by atoms with Gasteiger partial charge < -0.3 is 9.15 Å².